The largest absolute Gasteiger partial charge is 0.454 e. The summed E-state index contributed by atoms with van der Waals surface area (Å²) in [5.41, 5.74) is 3.46. The van der Waals surface area contributed by atoms with Crippen LogP contribution in [0, 0.1) is 0 Å². The molecule has 200 valence electrons. The van der Waals surface area contributed by atoms with Crippen LogP contribution >= 0.6 is 11.3 Å². The van der Waals surface area contributed by atoms with Crippen LogP contribution in [0.25, 0.3) is 10.6 Å². The molecule has 2 heterocycles. The van der Waals surface area contributed by atoms with Crippen LogP contribution in [0.2, 0.25) is 0 Å². The van der Waals surface area contributed by atoms with Crippen molar-refractivity contribution in [3.05, 3.63) is 89.5 Å². The van der Waals surface area contributed by atoms with Gasteiger partial charge in [-0.05, 0) is 54.3 Å². The SMILES string of the molecule is CCCCCc1ccc(C(=O)N[C@@H](Cc2ccccc2)C(=O)Nc2nnc(-c3ccc4c(c3)OCO4)s2)cc1. The summed E-state index contributed by atoms with van der Waals surface area (Å²) in [7, 11) is 0. The molecule has 39 heavy (non-hydrogen) atoms. The Morgan fingerprint density at radius 3 is 2.51 bits per heavy atom. The van der Waals surface area contributed by atoms with Crippen LogP contribution in [0.15, 0.2) is 72.8 Å². The predicted molar refractivity (Wildman–Crippen MR) is 151 cm³/mol. The first-order chi connectivity index (χ1) is 19.1. The normalized spacial score (nSPS) is 12.6. The Morgan fingerprint density at radius 2 is 1.72 bits per heavy atom. The highest BCUT2D eigenvalue weighted by Crippen LogP contribution is 2.37. The van der Waals surface area contributed by atoms with Crippen LogP contribution in [0.3, 0.4) is 0 Å². The monoisotopic (exact) mass is 542 g/mol. The topological polar surface area (TPSA) is 102 Å². The van der Waals surface area contributed by atoms with Crippen molar-refractivity contribution in [1.82, 2.24) is 15.5 Å². The van der Waals surface area contributed by atoms with Gasteiger partial charge in [-0.2, -0.15) is 0 Å². The summed E-state index contributed by atoms with van der Waals surface area (Å²) in [5, 5.41) is 15.1. The fraction of sp³-hybridized carbons (Fsp3) is 0.267. The Morgan fingerprint density at radius 1 is 0.923 bits per heavy atom. The number of hydrogen-bond donors (Lipinski definition) is 2. The second-order valence-electron chi connectivity index (χ2n) is 9.34. The summed E-state index contributed by atoms with van der Waals surface area (Å²) in [5.74, 6) is 0.664. The summed E-state index contributed by atoms with van der Waals surface area (Å²) in [6, 6.07) is 21.9. The van der Waals surface area contributed by atoms with Crippen molar-refractivity contribution >= 4 is 28.3 Å². The van der Waals surface area contributed by atoms with Gasteiger partial charge in [0.1, 0.15) is 11.0 Å². The van der Waals surface area contributed by atoms with Crippen molar-refractivity contribution in [3.63, 3.8) is 0 Å². The fourth-order valence-electron chi connectivity index (χ4n) is 4.32. The standard InChI is InChI=1S/C30H30N4O4S/c1-2-3-5-8-20-11-13-22(14-12-20)27(35)31-24(17-21-9-6-4-7-10-21)28(36)32-30-34-33-29(39-30)23-15-16-25-26(18-23)38-19-37-25/h4,6-7,9-16,18,24H,2-3,5,8,17,19H2,1H3,(H,31,35)(H,32,34,36)/t24-/m0/s1. The van der Waals surface area contributed by atoms with E-state index < -0.39 is 6.04 Å². The number of anilines is 1. The fourth-order valence-corrected chi connectivity index (χ4v) is 5.06. The molecule has 9 heteroatoms. The molecule has 0 radical (unpaired) electrons. The molecule has 0 spiro atoms. The van der Waals surface area contributed by atoms with Crippen molar-refractivity contribution in [3.8, 4) is 22.1 Å². The number of amides is 2. The number of ether oxygens (including phenoxy) is 2. The van der Waals surface area contributed by atoms with Crippen LogP contribution < -0.4 is 20.1 Å². The lowest BCUT2D eigenvalue weighted by atomic mass is 10.0. The maximum Gasteiger partial charge on any atom is 0.251 e. The van der Waals surface area contributed by atoms with E-state index in [1.807, 2.05) is 72.8 Å². The van der Waals surface area contributed by atoms with E-state index in [0.717, 1.165) is 24.0 Å². The van der Waals surface area contributed by atoms with Crippen molar-refractivity contribution < 1.29 is 19.1 Å². The molecular weight excluding hydrogens is 512 g/mol. The molecule has 0 unspecified atom stereocenters. The van der Waals surface area contributed by atoms with Crippen molar-refractivity contribution in [2.24, 2.45) is 0 Å². The van der Waals surface area contributed by atoms with E-state index in [9.17, 15) is 9.59 Å². The number of fused-ring (bicyclic) bond motifs is 1. The third kappa shape index (κ3) is 6.80. The van der Waals surface area contributed by atoms with Gasteiger partial charge in [0.25, 0.3) is 5.91 Å². The lowest BCUT2D eigenvalue weighted by molar-refractivity contribution is -0.118. The molecule has 0 aliphatic carbocycles. The quantitative estimate of drug-likeness (QED) is 0.238. The molecule has 0 saturated heterocycles. The Balaban J connectivity index is 1.28. The Kier molecular flexibility index (Phi) is 8.48. The maximum absolute atomic E-state index is 13.4. The van der Waals surface area contributed by atoms with Crippen molar-refractivity contribution in [2.45, 2.75) is 45.1 Å². The number of hydrogen-bond acceptors (Lipinski definition) is 7. The van der Waals surface area contributed by atoms with E-state index >= 15 is 0 Å². The number of benzene rings is 3. The minimum absolute atomic E-state index is 0.188. The van der Waals surface area contributed by atoms with Gasteiger partial charge < -0.3 is 14.8 Å². The number of aromatic nitrogens is 2. The number of rotatable bonds is 11. The lowest BCUT2D eigenvalue weighted by Gasteiger charge is -2.18. The second-order valence-corrected chi connectivity index (χ2v) is 10.3. The summed E-state index contributed by atoms with van der Waals surface area (Å²) in [6.45, 7) is 2.37. The van der Waals surface area contributed by atoms with Gasteiger partial charge >= 0.3 is 0 Å². The molecule has 4 aromatic rings. The third-order valence-corrected chi connectivity index (χ3v) is 7.35. The average molecular weight is 543 g/mol. The molecule has 0 saturated carbocycles. The molecule has 2 amide bonds. The molecule has 1 aromatic heterocycles. The van der Waals surface area contributed by atoms with E-state index in [-0.39, 0.29) is 18.6 Å². The van der Waals surface area contributed by atoms with Gasteiger partial charge in [0.15, 0.2) is 11.5 Å². The number of nitrogens with zero attached hydrogens (tertiary/aromatic N) is 2. The number of carbonyl (C=O) groups is 2. The Labute approximate surface area is 231 Å². The number of carbonyl (C=O) groups excluding carboxylic acids is 2. The summed E-state index contributed by atoms with van der Waals surface area (Å²) in [4.78, 5) is 26.5. The van der Waals surface area contributed by atoms with Crippen LogP contribution in [-0.4, -0.2) is 34.8 Å². The molecule has 5 rings (SSSR count). The zero-order valence-corrected chi connectivity index (χ0v) is 22.5. The van der Waals surface area contributed by atoms with Gasteiger partial charge in [-0.15, -0.1) is 10.2 Å². The third-order valence-electron chi connectivity index (χ3n) is 6.46. The van der Waals surface area contributed by atoms with E-state index in [1.54, 1.807) is 0 Å². The maximum atomic E-state index is 13.4. The molecule has 2 N–H and O–H groups in total. The van der Waals surface area contributed by atoms with Crippen LogP contribution in [0.1, 0.15) is 47.7 Å². The van der Waals surface area contributed by atoms with E-state index in [0.29, 0.717) is 33.6 Å². The highest BCUT2D eigenvalue weighted by molar-refractivity contribution is 7.18. The molecule has 8 nitrogen and oxygen atoms in total. The van der Waals surface area contributed by atoms with Gasteiger partial charge in [-0.3, -0.25) is 14.9 Å². The van der Waals surface area contributed by atoms with Gasteiger partial charge in [0.2, 0.25) is 17.8 Å². The zero-order chi connectivity index (χ0) is 27.0. The molecule has 3 aromatic carbocycles. The molecule has 1 aliphatic rings. The van der Waals surface area contributed by atoms with Crippen molar-refractivity contribution in [2.75, 3.05) is 12.1 Å². The summed E-state index contributed by atoms with van der Waals surface area (Å²) < 4.78 is 10.8. The lowest BCUT2D eigenvalue weighted by Crippen LogP contribution is -2.45. The average Bonchev–Trinajstić information content (AvgIpc) is 3.63. The van der Waals surface area contributed by atoms with Crippen LogP contribution in [-0.2, 0) is 17.6 Å². The van der Waals surface area contributed by atoms with Gasteiger partial charge in [-0.25, -0.2) is 0 Å². The molecule has 0 bridgehead atoms. The summed E-state index contributed by atoms with van der Waals surface area (Å²) in [6.07, 6.45) is 4.81. The second kappa shape index (κ2) is 12.5. The van der Waals surface area contributed by atoms with Gasteiger partial charge in [0.05, 0.1) is 0 Å². The minimum atomic E-state index is -0.804. The van der Waals surface area contributed by atoms with Crippen LogP contribution in [0.4, 0.5) is 5.13 Å². The first-order valence-corrected chi connectivity index (χ1v) is 13.9. The highest BCUT2D eigenvalue weighted by Gasteiger charge is 2.24. The minimum Gasteiger partial charge on any atom is -0.454 e. The first-order valence-electron chi connectivity index (χ1n) is 13.1. The van der Waals surface area contributed by atoms with Gasteiger partial charge in [0, 0.05) is 17.5 Å². The Hall–Kier alpha value is -4.24. The first kappa shape index (κ1) is 26.4. The molecular formula is C30H30N4O4S. The highest BCUT2D eigenvalue weighted by atomic mass is 32.1. The number of unbranched alkanes of at least 4 members (excludes halogenated alkanes) is 2. The molecule has 1 aliphatic heterocycles. The smallest absolute Gasteiger partial charge is 0.251 e. The van der Waals surface area contributed by atoms with E-state index in [4.69, 9.17) is 9.47 Å². The number of aryl methyl sites for hydroxylation is 1. The predicted octanol–water partition coefficient (Wildman–Crippen LogP) is 5.65. The zero-order valence-electron chi connectivity index (χ0n) is 21.7. The van der Waals surface area contributed by atoms with E-state index in [2.05, 4.69) is 27.8 Å². The van der Waals surface area contributed by atoms with Crippen molar-refractivity contribution in [1.29, 1.82) is 0 Å². The Bertz CT molecular complexity index is 1420. The molecule has 1 atom stereocenters. The van der Waals surface area contributed by atoms with E-state index in [1.165, 1.54) is 29.7 Å². The van der Waals surface area contributed by atoms with Gasteiger partial charge in [-0.1, -0.05) is 73.6 Å². The van der Waals surface area contributed by atoms with Crippen LogP contribution in [0.5, 0.6) is 11.5 Å². The molecule has 0 fully saturated rings. The summed E-state index contributed by atoms with van der Waals surface area (Å²) >= 11 is 1.25. The number of nitrogens with one attached hydrogen (secondary N) is 2.